The molecule has 0 radical (unpaired) electrons. The fourth-order valence-electron chi connectivity index (χ4n) is 3.39. The van der Waals surface area contributed by atoms with Gasteiger partial charge in [0.2, 0.25) is 11.8 Å². The highest BCUT2D eigenvalue weighted by Crippen LogP contribution is 2.44. The molecule has 5 nitrogen and oxygen atoms in total. The van der Waals surface area contributed by atoms with Crippen LogP contribution >= 0.6 is 0 Å². The van der Waals surface area contributed by atoms with Crippen molar-refractivity contribution >= 4 is 11.8 Å². The maximum Gasteiger partial charge on any atom is 0.233 e. The zero-order valence-electron chi connectivity index (χ0n) is 11.3. The molecule has 3 rings (SSSR count). The molecule has 1 aromatic heterocycles. The zero-order chi connectivity index (χ0) is 13.6. The van der Waals surface area contributed by atoms with Crippen molar-refractivity contribution in [2.45, 2.75) is 39.7 Å². The van der Waals surface area contributed by atoms with Crippen molar-refractivity contribution in [3.8, 4) is 0 Å². The summed E-state index contributed by atoms with van der Waals surface area (Å²) in [6.07, 6.45) is 4.52. The third-order valence-corrected chi connectivity index (χ3v) is 4.67. The first-order chi connectivity index (χ1) is 9.11. The first kappa shape index (κ1) is 12.4. The number of carbonyl (C=O) groups is 2. The summed E-state index contributed by atoms with van der Waals surface area (Å²) in [6, 6.07) is 0. The number of hydrogen-bond acceptors (Lipinski definition) is 3. The predicted molar refractivity (Wildman–Crippen MR) is 68.9 cm³/mol. The number of nitrogens with zero attached hydrogens (tertiary/aromatic N) is 2. The van der Waals surface area contributed by atoms with Gasteiger partial charge in [0.1, 0.15) is 0 Å². The Morgan fingerprint density at radius 2 is 1.95 bits per heavy atom. The summed E-state index contributed by atoms with van der Waals surface area (Å²) in [7, 11) is 0. The molecule has 1 aromatic rings. The number of amides is 2. The topological polar surface area (TPSA) is 66.1 Å². The molecule has 2 fully saturated rings. The van der Waals surface area contributed by atoms with Gasteiger partial charge in [-0.3, -0.25) is 19.6 Å². The molecule has 2 heterocycles. The fourth-order valence-corrected chi connectivity index (χ4v) is 3.39. The molecule has 0 spiro atoms. The molecule has 0 aromatic carbocycles. The van der Waals surface area contributed by atoms with Gasteiger partial charge in [0.15, 0.2) is 0 Å². The Hall–Kier alpha value is -1.65. The number of H-pyrrole nitrogens is 1. The lowest BCUT2D eigenvalue weighted by Gasteiger charge is -2.17. The number of carbonyl (C=O) groups excluding carboxylic acids is 2. The second-order valence-corrected chi connectivity index (χ2v) is 5.74. The summed E-state index contributed by atoms with van der Waals surface area (Å²) in [4.78, 5) is 26.2. The number of aromatic nitrogens is 2. The highest BCUT2D eigenvalue weighted by molar-refractivity contribution is 6.05. The van der Waals surface area contributed by atoms with Gasteiger partial charge in [0, 0.05) is 11.3 Å². The van der Waals surface area contributed by atoms with E-state index in [-0.39, 0.29) is 23.7 Å². The SMILES string of the molecule is CCC1CC2C(=O)N(Cc3cn[nH]c3C)C(=O)C2C1. The third kappa shape index (κ3) is 1.88. The van der Waals surface area contributed by atoms with Gasteiger partial charge < -0.3 is 0 Å². The van der Waals surface area contributed by atoms with E-state index in [0.717, 1.165) is 30.5 Å². The number of hydrogen-bond donors (Lipinski definition) is 1. The Morgan fingerprint density at radius 1 is 1.32 bits per heavy atom. The van der Waals surface area contributed by atoms with Crippen molar-refractivity contribution in [2.24, 2.45) is 17.8 Å². The van der Waals surface area contributed by atoms with E-state index in [0.29, 0.717) is 12.5 Å². The largest absolute Gasteiger partial charge is 0.283 e. The number of aromatic amines is 1. The van der Waals surface area contributed by atoms with Crippen molar-refractivity contribution in [1.82, 2.24) is 15.1 Å². The molecule has 2 aliphatic rings. The molecular formula is C14H19N3O2. The normalized spacial score (nSPS) is 30.2. The molecule has 2 unspecified atom stereocenters. The smallest absolute Gasteiger partial charge is 0.233 e. The van der Waals surface area contributed by atoms with Crippen LogP contribution in [0.3, 0.4) is 0 Å². The first-order valence-electron chi connectivity index (χ1n) is 6.95. The van der Waals surface area contributed by atoms with Crippen LogP contribution in [0.5, 0.6) is 0 Å². The van der Waals surface area contributed by atoms with Gasteiger partial charge in [-0.05, 0) is 25.7 Å². The minimum atomic E-state index is -0.0651. The Bertz CT molecular complexity index is 499. The summed E-state index contributed by atoms with van der Waals surface area (Å²) >= 11 is 0. The molecule has 1 saturated heterocycles. The second-order valence-electron chi connectivity index (χ2n) is 5.74. The van der Waals surface area contributed by atoms with E-state index >= 15 is 0 Å². The lowest BCUT2D eigenvalue weighted by atomic mass is 10.00. The fraction of sp³-hybridized carbons (Fsp3) is 0.643. The van der Waals surface area contributed by atoms with Crippen LogP contribution in [0.1, 0.15) is 37.4 Å². The Balaban J connectivity index is 1.78. The lowest BCUT2D eigenvalue weighted by molar-refractivity contribution is -0.141. The number of likely N-dealkylation sites (tertiary alicyclic amines) is 1. The zero-order valence-corrected chi connectivity index (χ0v) is 11.3. The van der Waals surface area contributed by atoms with E-state index in [1.807, 2.05) is 6.92 Å². The van der Waals surface area contributed by atoms with Gasteiger partial charge in [-0.15, -0.1) is 0 Å². The monoisotopic (exact) mass is 261 g/mol. The highest BCUT2D eigenvalue weighted by Gasteiger charge is 2.52. The van der Waals surface area contributed by atoms with Crippen LogP contribution in [0.4, 0.5) is 0 Å². The molecular weight excluding hydrogens is 242 g/mol. The Labute approximate surface area is 112 Å². The molecule has 0 bridgehead atoms. The molecule has 1 saturated carbocycles. The highest BCUT2D eigenvalue weighted by atomic mass is 16.2. The third-order valence-electron chi connectivity index (χ3n) is 4.67. The van der Waals surface area contributed by atoms with Crippen LogP contribution in [0, 0.1) is 24.7 Å². The quantitative estimate of drug-likeness (QED) is 0.841. The van der Waals surface area contributed by atoms with Crippen molar-refractivity contribution in [3.63, 3.8) is 0 Å². The van der Waals surface area contributed by atoms with Crippen molar-refractivity contribution in [3.05, 3.63) is 17.5 Å². The lowest BCUT2D eigenvalue weighted by Crippen LogP contribution is -2.31. The maximum atomic E-state index is 12.4. The first-order valence-corrected chi connectivity index (χ1v) is 6.95. The molecule has 1 aliphatic heterocycles. The molecule has 5 heteroatoms. The van der Waals surface area contributed by atoms with Crippen molar-refractivity contribution in [1.29, 1.82) is 0 Å². The predicted octanol–water partition coefficient (Wildman–Crippen LogP) is 1.64. The van der Waals surface area contributed by atoms with Crippen molar-refractivity contribution < 1.29 is 9.59 Å². The molecule has 1 N–H and O–H groups in total. The van der Waals surface area contributed by atoms with Gasteiger partial charge in [0.05, 0.1) is 24.6 Å². The number of rotatable bonds is 3. The number of fused-ring (bicyclic) bond motifs is 1. The van der Waals surface area contributed by atoms with E-state index in [9.17, 15) is 9.59 Å². The minimum Gasteiger partial charge on any atom is -0.283 e. The number of imide groups is 1. The van der Waals surface area contributed by atoms with Gasteiger partial charge >= 0.3 is 0 Å². The van der Waals surface area contributed by atoms with Crippen LogP contribution in [-0.2, 0) is 16.1 Å². The maximum absolute atomic E-state index is 12.4. The number of aryl methyl sites for hydroxylation is 1. The molecule has 19 heavy (non-hydrogen) atoms. The summed E-state index contributed by atoms with van der Waals surface area (Å²) in [5.74, 6) is 0.452. The van der Waals surface area contributed by atoms with Gasteiger partial charge in [-0.1, -0.05) is 13.3 Å². The van der Waals surface area contributed by atoms with Crippen LogP contribution in [0.2, 0.25) is 0 Å². The van der Waals surface area contributed by atoms with Gasteiger partial charge in [0.25, 0.3) is 0 Å². The second kappa shape index (κ2) is 4.47. The average molecular weight is 261 g/mol. The molecule has 1 aliphatic carbocycles. The Morgan fingerprint density at radius 3 is 2.42 bits per heavy atom. The van der Waals surface area contributed by atoms with Gasteiger partial charge in [-0.25, -0.2) is 0 Å². The van der Waals surface area contributed by atoms with E-state index < -0.39 is 0 Å². The van der Waals surface area contributed by atoms with Crippen LogP contribution in [0.25, 0.3) is 0 Å². The van der Waals surface area contributed by atoms with Crippen LogP contribution in [-0.4, -0.2) is 26.9 Å². The standard InChI is InChI=1S/C14H19N3O2/c1-3-9-4-11-12(5-9)14(19)17(13(11)18)7-10-6-15-16-8(10)2/h6,9,11-12H,3-5,7H2,1-2H3,(H,15,16). The van der Waals surface area contributed by atoms with E-state index in [1.165, 1.54) is 4.90 Å². The van der Waals surface area contributed by atoms with Crippen molar-refractivity contribution in [2.75, 3.05) is 0 Å². The minimum absolute atomic E-state index is 0.0200. The van der Waals surface area contributed by atoms with E-state index in [2.05, 4.69) is 17.1 Å². The van der Waals surface area contributed by atoms with Crippen LogP contribution < -0.4 is 0 Å². The van der Waals surface area contributed by atoms with E-state index in [1.54, 1.807) is 6.20 Å². The van der Waals surface area contributed by atoms with Gasteiger partial charge in [-0.2, -0.15) is 5.10 Å². The average Bonchev–Trinajstić information content (AvgIpc) is 3.05. The summed E-state index contributed by atoms with van der Waals surface area (Å²) in [5, 5.41) is 6.78. The molecule has 102 valence electrons. The molecule has 2 amide bonds. The van der Waals surface area contributed by atoms with Crippen LogP contribution in [0.15, 0.2) is 6.20 Å². The summed E-state index contributed by atoms with van der Waals surface area (Å²) in [5.41, 5.74) is 1.85. The summed E-state index contributed by atoms with van der Waals surface area (Å²) < 4.78 is 0. The Kier molecular flexibility index (Phi) is 2.92. The number of nitrogens with one attached hydrogen (secondary N) is 1. The van der Waals surface area contributed by atoms with E-state index in [4.69, 9.17) is 0 Å². The molecule has 2 atom stereocenters. The summed E-state index contributed by atoms with van der Waals surface area (Å²) in [6.45, 7) is 4.40.